The van der Waals surface area contributed by atoms with Crippen LogP contribution in [0, 0.1) is 0 Å². The normalized spacial score (nSPS) is 9.88. The number of ether oxygens (including phenoxy) is 1. The van der Waals surface area contributed by atoms with Gasteiger partial charge in [-0.3, -0.25) is 28.8 Å². The molecule has 0 saturated carbocycles. The fourth-order valence-corrected chi connectivity index (χ4v) is 3.75. The summed E-state index contributed by atoms with van der Waals surface area (Å²) in [7, 11) is 1.64. The zero-order valence-corrected chi connectivity index (χ0v) is 24.9. The molecule has 0 amide bonds. The van der Waals surface area contributed by atoms with Gasteiger partial charge < -0.3 is 4.74 Å². The second-order valence-electron chi connectivity index (χ2n) is 9.64. The van der Waals surface area contributed by atoms with E-state index >= 15 is 0 Å². The van der Waals surface area contributed by atoms with Crippen molar-refractivity contribution in [3.63, 3.8) is 0 Å². The van der Waals surface area contributed by atoms with E-state index in [-0.39, 0.29) is 34.7 Å². The van der Waals surface area contributed by atoms with E-state index in [1.54, 1.807) is 38.3 Å². The van der Waals surface area contributed by atoms with E-state index in [1.165, 1.54) is 52.8 Å². The van der Waals surface area contributed by atoms with Gasteiger partial charge in [-0.15, -0.1) is 0 Å². The molecule has 0 atom stereocenters. The van der Waals surface area contributed by atoms with E-state index in [0.29, 0.717) is 27.8 Å². The minimum Gasteiger partial charge on any atom is -0.497 e. The molecule has 0 spiro atoms. The standard InChI is InChI=1S/C13H12O2.C12H12O3.C10H10O2/c1-9(14)10-3-4-12-8-13(15-2)6-5-11(12)7-10;1-7(13)10-4-11(8(2)14)6-12(5-10)9(3)15;1-7(11)9-3-5-10(6-4-9)8(2)12/h3-8H,1-2H3;4-6H,1-3H3;3-6H,1-2H3. The van der Waals surface area contributed by atoms with E-state index in [2.05, 4.69) is 0 Å². The molecule has 0 N–H and O–H groups in total. The zero-order valence-electron chi connectivity index (χ0n) is 24.9. The van der Waals surface area contributed by atoms with Crippen molar-refractivity contribution in [3.8, 4) is 5.75 Å². The maximum atomic E-state index is 11.2. The predicted octanol–water partition coefficient (Wildman–Crippen LogP) is 7.44. The molecule has 0 aliphatic rings. The second-order valence-corrected chi connectivity index (χ2v) is 9.64. The summed E-state index contributed by atoms with van der Waals surface area (Å²) in [6.07, 6.45) is 0. The van der Waals surface area contributed by atoms with Crippen LogP contribution >= 0.6 is 0 Å². The number of hydrogen-bond donors (Lipinski definition) is 0. The van der Waals surface area contributed by atoms with Crippen LogP contribution in [0.4, 0.5) is 0 Å². The quantitative estimate of drug-likeness (QED) is 0.214. The van der Waals surface area contributed by atoms with Crippen LogP contribution in [0.1, 0.15) is 104 Å². The minimum absolute atomic E-state index is 0.0186. The molecule has 0 radical (unpaired) electrons. The summed E-state index contributed by atoms with van der Waals surface area (Å²) >= 11 is 0. The number of fused-ring (bicyclic) bond motifs is 1. The van der Waals surface area contributed by atoms with Gasteiger partial charge in [0.1, 0.15) is 5.75 Å². The highest BCUT2D eigenvalue weighted by Gasteiger charge is 2.10. The third-order valence-electron chi connectivity index (χ3n) is 6.30. The third-order valence-corrected chi connectivity index (χ3v) is 6.30. The molecule has 7 heteroatoms. The monoisotopic (exact) mass is 566 g/mol. The Hall–Kier alpha value is -5.04. The van der Waals surface area contributed by atoms with Gasteiger partial charge in [0, 0.05) is 33.4 Å². The van der Waals surface area contributed by atoms with Crippen molar-refractivity contribution >= 4 is 45.5 Å². The highest BCUT2D eigenvalue weighted by atomic mass is 16.5. The van der Waals surface area contributed by atoms with Gasteiger partial charge >= 0.3 is 0 Å². The molecule has 4 aromatic carbocycles. The van der Waals surface area contributed by atoms with Gasteiger partial charge in [-0.05, 0) is 88.7 Å². The maximum Gasteiger partial charge on any atom is 0.159 e. The van der Waals surface area contributed by atoms with Crippen LogP contribution in [-0.2, 0) is 0 Å². The summed E-state index contributed by atoms with van der Waals surface area (Å²) in [5.41, 5.74) is 3.21. The molecular formula is C35H34O7. The molecule has 0 aromatic heterocycles. The molecule has 7 nitrogen and oxygen atoms in total. The van der Waals surface area contributed by atoms with Crippen molar-refractivity contribution in [1.29, 1.82) is 0 Å². The summed E-state index contributed by atoms with van der Waals surface area (Å²) in [6, 6.07) is 22.7. The van der Waals surface area contributed by atoms with E-state index < -0.39 is 0 Å². The first kappa shape index (κ1) is 33.2. The van der Waals surface area contributed by atoms with Crippen molar-refractivity contribution < 1.29 is 33.5 Å². The Balaban J connectivity index is 0.000000222. The average Bonchev–Trinajstić information content (AvgIpc) is 2.96. The van der Waals surface area contributed by atoms with Gasteiger partial charge in [-0.1, -0.05) is 42.5 Å². The Morgan fingerprint density at radius 1 is 0.381 bits per heavy atom. The van der Waals surface area contributed by atoms with Crippen molar-refractivity contribution in [2.45, 2.75) is 41.5 Å². The highest BCUT2D eigenvalue weighted by Crippen LogP contribution is 2.22. The fraction of sp³-hybridized carbons (Fsp3) is 0.200. The van der Waals surface area contributed by atoms with Gasteiger partial charge in [-0.25, -0.2) is 0 Å². The molecule has 4 aromatic rings. The Kier molecular flexibility index (Phi) is 11.9. The zero-order chi connectivity index (χ0) is 31.6. The molecule has 42 heavy (non-hydrogen) atoms. The predicted molar refractivity (Wildman–Crippen MR) is 163 cm³/mol. The lowest BCUT2D eigenvalue weighted by molar-refractivity contribution is 0.0997. The molecule has 0 aliphatic carbocycles. The molecule has 0 saturated heterocycles. The van der Waals surface area contributed by atoms with Gasteiger partial charge in [-0.2, -0.15) is 0 Å². The third kappa shape index (κ3) is 9.55. The van der Waals surface area contributed by atoms with Gasteiger partial charge in [0.05, 0.1) is 7.11 Å². The smallest absolute Gasteiger partial charge is 0.159 e. The SMILES string of the molecule is CC(=O)c1cc(C(C)=O)cc(C(C)=O)c1.CC(=O)c1ccc(C(C)=O)cc1.COc1ccc2cc(C(C)=O)ccc2c1. The summed E-state index contributed by atoms with van der Waals surface area (Å²) in [6.45, 7) is 8.80. The van der Waals surface area contributed by atoms with Crippen LogP contribution in [0.5, 0.6) is 5.75 Å². The molecule has 216 valence electrons. The highest BCUT2D eigenvalue weighted by molar-refractivity contribution is 6.04. The van der Waals surface area contributed by atoms with E-state index in [9.17, 15) is 28.8 Å². The number of Topliss-reactive ketones (excluding diaryl/α,β-unsaturated/α-hetero) is 6. The van der Waals surface area contributed by atoms with Crippen molar-refractivity contribution in [2.24, 2.45) is 0 Å². The number of hydrogen-bond acceptors (Lipinski definition) is 7. The van der Waals surface area contributed by atoms with E-state index in [0.717, 1.165) is 22.1 Å². The summed E-state index contributed by atoms with van der Waals surface area (Å²) in [5.74, 6) is 0.503. The molecule has 0 heterocycles. The molecular weight excluding hydrogens is 532 g/mol. The lowest BCUT2D eigenvalue weighted by Crippen LogP contribution is -2.03. The minimum atomic E-state index is -0.152. The number of carbonyl (C=O) groups excluding carboxylic acids is 6. The first-order chi connectivity index (χ1) is 19.7. The molecule has 0 aliphatic heterocycles. The van der Waals surface area contributed by atoms with Crippen molar-refractivity contribution in [3.05, 3.63) is 112 Å². The maximum absolute atomic E-state index is 11.2. The number of carbonyl (C=O) groups is 6. The van der Waals surface area contributed by atoms with Gasteiger partial charge in [0.25, 0.3) is 0 Å². The second kappa shape index (κ2) is 15.1. The topological polar surface area (TPSA) is 112 Å². The van der Waals surface area contributed by atoms with Crippen LogP contribution in [0.3, 0.4) is 0 Å². The van der Waals surface area contributed by atoms with Crippen LogP contribution in [0.2, 0.25) is 0 Å². The largest absolute Gasteiger partial charge is 0.497 e. The van der Waals surface area contributed by atoms with Crippen molar-refractivity contribution in [1.82, 2.24) is 0 Å². The summed E-state index contributed by atoms with van der Waals surface area (Å²) in [5, 5.41) is 2.14. The number of benzene rings is 4. The number of methoxy groups -OCH3 is 1. The van der Waals surface area contributed by atoms with Crippen LogP contribution < -0.4 is 4.74 Å². The Bertz CT molecular complexity index is 1550. The van der Waals surface area contributed by atoms with E-state index in [4.69, 9.17) is 4.74 Å². The van der Waals surface area contributed by atoms with Gasteiger partial charge in [0.2, 0.25) is 0 Å². The van der Waals surface area contributed by atoms with E-state index in [1.807, 2.05) is 36.4 Å². The van der Waals surface area contributed by atoms with Crippen LogP contribution in [0.25, 0.3) is 10.8 Å². The molecule has 0 unspecified atom stereocenters. The molecule has 4 rings (SSSR count). The van der Waals surface area contributed by atoms with Crippen LogP contribution in [-0.4, -0.2) is 41.8 Å². The molecule has 0 fully saturated rings. The number of rotatable bonds is 7. The summed E-state index contributed by atoms with van der Waals surface area (Å²) in [4.78, 5) is 66.4. The van der Waals surface area contributed by atoms with Crippen LogP contribution in [0.15, 0.2) is 78.9 Å². The molecule has 0 bridgehead atoms. The number of ketones is 6. The lowest BCUT2D eigenvalue weighted by Gasteiger charge is -2.03. The van der Waals surface area contributed by atoms with Crippen molar-refractivity contribution in [2.75, 3.05) is 7.11 Å². The average molecular weight is 567 g/mol. The van der Waals surface area contributed by atoms with Gasteiger partial charge in [0.15, 0.2) is 34.7 Å². The first-order valence-electron chi connectivity index (χ1n) is 13.1. The fourth-order valence-electron chi connectivity index (χ4n) is 3.75. The Morgan fingerprint density at radius 3 is 1.02 bits per heavy atom. The Labute approximate surface area is 245 Å². The lowest BCUT2D eigenvalue weighted by atomic mass is 10.00. The summed E-state index contributed by atoms with van der Waals surface area (Å²) < 4.78 is 5.13. The Morgan fingerprint density at radius 2 is 0.690 bits per heavy atom. The first-order valence-corrected chi connectivity index (χ1v) is 13.1.